The summed E-state index contributed by atoms with van der Waals surface area (Å²) in [5, 5.41) is 3.10. The largest absolute Gasteiger partial charge is 0.340 e. The van der Waals surface area contributed by atoms with E-state index in [0.717, 1.165) is 4.90 Å². The molecule has 1 N–H and O–H groups in total. The monoisotopic (exact) mass is 314 g/mol. The van der Waals surface area contributed by atoms with Gasteiger partial charge in [0.2, 0.25) is 11.8 Å². The van der Waals surface area contributed by atoms with Crippen LogP contribution >= 0.6 is 11.6 Å². The lowest BCUT2D eigenvalue weighted by molar-refractivity contribution is -0.135. The number of hydrogen-bond donors (Lipinski definition) is 1. The van der Waals surface area contributed by atoms with Crippen molar-refractivity contribution >= 4 is 23.4 Å². The van der Waals surface area contributed by atoms with Gasteiger partial charge in [-0.05, 0) is 17.7 Å². The number of benzene rings is 1. The Labute approximate surface area is 125 Å². The van der Waals surface area contributed by atoms with Crippen molar-refractivity contribution in [3.8, 4) is 0 Å². The summed E-state index contributed by atoms with van der Waals surface area (Å²) >= 11 is 5.79. The molecule has 0 radical (unpaired) electrons. The number of amides is 2. The maximum absolute atomic E-state index is 13.5. The molecule has 3 rings (SSSR count). The van der Waals surface area contributed by atoms with Crippen molar-refractivity contribution in [3.63, 3.8) is 0 Å². The topological polar surface area (TPSA) is 49.4 Å². The molecule has 2 saturated heterocycles. The van der Waals surface area contributed by atoms with E-state index in [9.17, 15) is 18.4 Å². The SMILES string of the molecule is O=C1C[C@@H]2CC(F)(F)CN2C(=O)C(c2ccc(Cl)cc2)N1. The minimum atomic E-state index is -2.93. The highest BCUT2D eigenvalue weighted by atomic mass is 35.5. The predicted octanol–water partition coefficient (Wildman–Crippen LogP) is 2.14. The van der Waals surface area contributed by atoms with Crippen molar-refractivity contribution in [3.05, 3.63) is 34.9 Å². The average Bonchev–Trinajstić information content (AvgIpc) is 2.66. The van der Waals surface area contributed by atoms with Gasteiger partial charge in [-0.2, -0.15) is 0 Å². The molecule has 112 valence electrons. The van der Waals surface area contributed by atoms with Crippen molar-refractivity contribution < 1.29 is 18.4 Å². The molecule has 2 fully saturated rings. The Morgan fingerprint density at radius 2 is 1.90 bits per heavy atom. The third-order valence-corrected chi connectivity index (χ3v) is 4.09. The summed E-state index contributed by atoms with van der Waals surface area (Å²) < 4.78 is 27.0. The van der Waals surface area contributed by atoms with Gasteiger partial charge in [-0.1, -0.05) is 23.7 Å². The van der Waals surface area contributed by atoms with Crippen LogP contribution in [0, 0.1) is 0 Å². The molecule has 0 aromatic heterocycles. The van der Waals surface area contributed by atoms with Gasteiger partial charge in [0.05, 0.1) is 6.54 Å². The van der Waals surface area contributed by atoms with E-state index in [-0.39, 0.29) is 6.42 Å². The maximum Gasteiger partial charge on any atom is 0.267 e. The van der Waals surface area contributed by atoms with E-state index in [1.54, 1.807) is 24.3 Å². The number of nitrogens with zero attached hydrogens (tertiary/aromatic N) is 1. The van der Waals surface area contributed by atoms with Gasteiger partial charge in [-0.15, -0.1) is 0 Å². The number of rotatable bonds is 1. The molecular formula is C14H13ClF2N2O2. The second kappa shape index (κ2) is 4.94. The highest BCUT2D eigenvalue weighted by Crippen LogP contribution is 2.36. The maximum atomic E-state index is 13.5. The number of alkyl halides is 2. The van der Waals surface area contributed by atoms with Gasteiger partial charge in [0.1, 0.15) is 6.04 Å². The van der Waals surface area contributed by atoms with Gasteiger partial charge in [-0.25, -0.2) is 8.78 Å². The van der Waals surface area contributed by atoms with E-state index in [1.165, 1.54) is 0 Å². The quantitative estimate of drug-likeness (QED) is 0.863. The van der Waals surface area contributed by atoms with Crippen molar-refractivity contribution in [2.45, 2.75) is 30.8 Å². The third kappa shape index (κ3) is 2.72. The molecule has 2 atom stereocenters. The lowest BCUT2D eigenvalue weighted by atomic mass is 10.1. The minimum Gasteiger partial charge on any atom is -0.340 e. The van der Waals surface area contributed by atoms with Gasteiger partial charge in [0, 0.05) is 23.9 Å². The molecule has 2 heterocycles. The van der Waals surface area contributed by atoms with Crippen LogP contribution in [0.25, 0.3) is 0 Å². The molecular weight excluding hydrogens is 302 g/mol. The average molecular weight is 315 g/mol. The first-order valence-corrected chi connectivity index (χ1v) is 6.97. The Kier molecular flexibility index (Phi) is 3.36. The second-order valence-electron chi connectivity index (χ2n) is 5.44. The predicted molar refractivity (Wildman–Crippen MR) is 72.0 cm³/mol. The molecule has 0 bridgehead atoms. The molecule has 21 heavy (non-hydrogen) atoms. The van der Waals surface area contributed by atoms with E-state index in [4.69, 9.17) is 11.6 Å². The number of carbonyl (C=O) groups is 2. The number of carbonyl (C=O) groups excluding carboxylic acids is 2. The lowest BCUT2D eigenvalue weighted by Gasteiger charge is -2.24. The summed E-state index contributed by atoms with van der Waals surface area (Å²) in [6.45, 7) is -0.629. The van der Waals surface area contributed by atoms with Crippen LogP contribution in [0.4, 0.5) is 8.78 Å². The summed E-state index contributed by atoms with van der Waals surface area (Å²) in [4.78, 5) is 25.5. The van der Waals surface area contributed by atoms with Crippen LogP contribution in [0.2, 0.25) is 5.02 Å². The number of halogens is 3. The van der Waals surface area contributed by atoms with Gasteiger partial charge < -0.3 is 10.2 Å². The van der Waals surface area contributed by atoms with Gasteiger partial charge >= 0.3 is 0 Å². The molecule has 2 aliphatic rings. The first-order valence-electron chi connectivity index (χ1n) is 6.59. The zero-order chi connectivity index (χ0) is 15.2. The van der Waals surface area contributed by atoms with Crippen molar-refractivity contribution in [2.75, 3.05) is 6.54 Å². The third-order valence-electron chi connectivity index (χ3n) is 3.84. The van der Waals surface area contributed by atoms with Gasteiger partial charge in [0.25, 0.3) is 5.92 Å². The number of nitrogens with one attached hydrogen (secondary N) is 1. The molecule has 2 aliphatic heterocycles. The standard InChI is InChI=1S/C14H13ClF2N2O2/c15-9-3-1-8(2-4-9)12-13(21)19-7-14(16,17)6-10(19)5-11(20)18-12/h1-4,10,12H,5-7H2,(H,18,20)/t10-,12?/m1/s1. The molecule has 1 aromatic carbocycles. The molecule has 7 heteroatoms. The van der Waals surface area contributed by atoms with Gasteiger partial charge in [0.15, 0.2) is 0 Å². The van der Waals surface area contributed by atoms with E-state index < -0.39 is 42.8 Å². The molecule has 2 amide bonds. The van der Waals surface area contributed by atoms with Crippen molar-refractivity contribution in [1.29, 1.82) is 0 Å². The van der Waals surface area contributed by atoms with Crippen molar-refractivity contribution in [2.24, 2.45) is 0 Å². The van der Waals surface area contributed by atoms with E-state index in [2.05, 4.69) is 5.32 Å². The Hall–Kier alpha value is -1.69. The molecule has 0 spiro atoms. The normalized spacial score (nSPS) is 28.0. The van der Waals surface area contributed by atoms with Crippen LogP contribution in [-0.4, -0.2) is 35.2 Å². The van der Waals surface area contributed by atoms with E-state index in [1.807, 2.05) is 0 Å². The van der Waals surface area contributed by atoms with E-state index >= 15 is 0 Å². The first-order chi connectivity index (χ1) is 9.85. The number of hydrogen-bond acceptors (Lipinski definition) is 2. The zero-order valence-electron chi connectivity index (χ0n) is 11.0. The summed E-state index contributed by atoms with van der Waals surface area (Å²) in [7, 11) is 0. The van der Waals surface area contributed by atoms with Crippen molar-refractivity contribution in [1.82, 2.24) is 10.2 Å². The summed E-state index contributed by atoms with van der Waals surface area (Å²) in [6.07, 6.45) is -0.551. The van der Waals surface area contributed by atoms with Crippen LogP contribution in [0.15, 0.2) is 24.3 Å². The van der Waals surface area contributed by atoms with Crippen LogP contribution in [0.1, 0.15) is 24.4 Å². The summed E-state index contributed by atoms with van der Waals surface area (Å²) in [5.74, 6) is -3.82. The minimum absolute atomic E-state index is 0.0918. The Bertz CT molecular complexity index is 591. The van der Waals surface area contributed by atoms with Crippen LogP contribution in [0.3, 0.4) is 0 Å². The Balaban J connectivity index is 1.93. The number of fused-ring (bicyclic) bond motifs is 1. The fraction of sp³-hybridized carbons (Fsp3) is 0.429. The highest BCUT2D eigenvalue weighted by Gasteiger charge is 2.50. The highest BCUT2D eigenvalue weighted by molar-refractivity contribution is 6.30. The second-order valence-corrected chi connectivity index (χ2v) is 5.87. The Morgan fingerprint density at radius 1 is 1.24 bits per heavy atom. The molecule has 4 nitrogen and oxygen atoms in total. The Morgan fingerprint density at radius 3 is 2.57 bits per heavy atom. The zero-order valence-corrected chi connectivity index (χ0v) is 11.7. The fourth-order valence-corrected chi connectivity index (χ4v) is 3.01. The van der Waals surface area contributed by atoms with E-state index in [0.29, 0.717) is 10.6 Å². The molecule has 0 aliphatic carbocycles. The lowest BCUT2D eigenvalue weighted by Crippen LogP contribution is -2.40. The molecule has 1 aromatic rings. The smallest absolute Gasteiger partial charge is 0.267 e. The van der Waals surface area contributed by atoms with Crippen LogP contribution < -0.4 is 5.32 Å². The van der Waals surface area contributed by atoms with Crippen LogP contribution in [-0.2, 0) is 9.59 Å². The molecule has 1 unspecified atom stereocenters. The molecule has 0 saturated carbocycles. The first kappa shape index (κ1) is 14.3. The van der Waals surface area contributed by atoms with Gasteiger partial charge in [-0.3, -0.25) is 9.59 Å². The summed E-state index contributed by atoms with van der Waals surface area (Å²) in [6, 6.07) is 4.74. The van der Waals surface area contributed by atoms with Crippen LogP contribution in [0.5, 0.6) is 0 Å². The summed E-state index contributed by atoms with van der Waals surface area (Å²) in [5.41, 5.74) is 0.536. The fourth-order valence-electron chi connectivity index (χ4n) is 2.88.